The minimum Gasteiger partial charge on any atom is -0.466 e. The molecule has 1 saturated heterocycles. The molecule has 6 heteroatoms. The zero-order chi connectivity index (χ0) is 16.4. The molecule has 0 radical (unpaired) electrons. The number of carbonyl (C=O) groups excluding carboxylic acids is 1. The molecule has 1 rings (SSSR count). The largest absolute Gasteiger partial charge is 0.466 e. The predicted molar refractivity (Wildman–Crippen MR) is 90.7 cm³/mol. The molecule has 0 aromatic heterocycles. The molecule has 1 heterocycles. The Morgan fingerprint density at radius 2 is 1.86 bits per heavy atom. The van der Waals surface area contributed by atoms with Crippen LogP contribution in [0.2, 0.25) is 0 Å². The maximum absolute atomic E-state index is 12.6. The lowest BCUT2D eigenvalue weighted by molar-refractivity contribution is -0.147. The van der Waals surface area contributed by atoms with E-state index in [1.807, 2.05) is 6.92 Å². The molecule has 1 aliphatic rings. The first-order chi connectivity index (χ1) is 10.6. The van der Waals surface area contributed by atoms with Gasteiger partial charge in [-0.15, -0.1) is 0 Å². The van der Waals surface area contributed by atoms with Gasteiger partial charge in [0.2, 0.25) is 0 Å². The Labute approximate surface area is 138 Å². The van der Waals surface area contributed by atoms with E-state index >= 15 is 0 Å². The van der Waals surface area contributed by atoms with Gasteiger partial charge in [0, 0.05) is 19.6 Å². The van der Waals surface area contributed by atoms with Crippen LogP contribution >= 0.6 is 0 Å². The highest BCUT2D eigenvalue weighted by Gasteiger charge is 2.30. The Balaban J connectivity index is 2.43. The number of rotatable bonds is 11. The second-order valence-corrected chi connectivity index (χ2v) is 7.32. The van der Waals surface area contributed by atoms with E-state index in [4.69, 9.17) is 4.74 Å². The second-order valence-electron chi connectivity index (χ2n) is 5.90. The molecule has 2 unspecified atom stereocenters. The summed E-state index contributed by atoms with van der Waals surface area (Å²) in [5.74, 6) is 0.393. The van der Waals surface area contributed by atoms with E-state index in [1.54, 1.807) is 0 Å². The summed E-state index contributed by atoms with van der Waals surface area (Å²) in [6.07, 6.45) is 5.23. The van der Waals surface area contributed by atoms with Gasteiger partial charge in [-0.1, -0.05) is 26.7 Å². The van der Waals surface area contributed by atoms with E-state index < -0.39 is 11.0 Å². The standard InChI is InChI=1S/C16H32N2O3S/c1-4-7-10-18(11-8-5-2)22(20)14-17-12-9-15(13-17)16(19)21-6-3/h15H,4-14H2,1-3H3. The monoisotopic (exact) mass is 332 g/mol. The summed E-state index contributed by atoms with van der Waals surface area (Å²) in [5, 5.41) is 0. The molecule has 1 fully saturated rings. The van der Waals surface area contributed by atoms with Crippen molar-refractivity contribution in [2.24, 2.45) is 5.92 Å². The lowest BCUT2D eigenvalue weighted by Gasteiger charge is -2.24. The molecule has 0 aromatic carbocycles. The van der Waals surface area contributed by atoms with Crippen LogP contribution < -0.4 is 0 Å². The summed E-state index contributed by atoms with van der Waals surface area (Å²) >= 11 is 0. The van der Waals surface area contributed by atoms with Crippen molar-refractivity contribution in [1.82, 2.24) is 9.21 Å². The lowest BCUT2D eigenvalue weighted by Crippen LogP contribution is -2.36. The molecule has 0 bridgehead atoms. The van der Waals surface area contributed by atoms with Gasteiger partial charge in [-0.2, -0.15) is 0 Å². The third kappa shape index (κ3) is 6.75. The number of nitrogens with zero attached hydrogens (tertiary/aromatic N) is 2. The third-order valence-corrected chi connectivity index (χ3v) is 5.52. The van der Waals surface area contributed by atoms with Gasteiger partial charge in [0.15, 0.2) is 0 Å². The van der Waals surface area contributed by atoms with E-state index in [-0.39, 0.29) is 11.9 Å². The van der Waals surface area contributed by atoms with E-state index in [1.165, 1.54) is 0 Å². The van der Waals surface area contributed by atoms with Crippen LogP contribution in [0.3, 0.4) is 0 Å². The number of hydrogen-bond donors (Lipinski definition) is 0. The number of ether oxygens (including phenoxy) is 1. The van der Waals surface area contributed by atoms with Crippen molar-refractivity contribution in [3.05, 3.63) is 0 Å². The Bertz CT molecular complexity index is 344. The molecular weight excluding hydrogens is 300 g/mol. The number of carbonyl (C=O) groups is 1. The minimum absolute atomic E-state index is 0.0447. The van der Waals surface area contributed by atoms with Gasteiger partial charge in [-0.3, -0.25) is 9.69 Å². The Kier molecular flexibility index (Phi) is 9.91. The van der Waals surface area contributed by atoms with Crippen LogP contribution in [0.4, 0.5) is 0 Å². The first kappa shape index (κ1) is 19.6. The predicted octanol–water partition coefficient (Wildman–Crippen LogP) is 2.39. The summed E-state index contributed by atoms with van der Waals surface area (Å²) in [6.45, 7) is 9.90. The molecule has 0 aliphatic carbocycles. The van der Waals surface area contributed by atoms with E-state index in [0.29, 0.717) is 19.0 Å². The van der Waals surface area contributed by atoms with Crippen molar-refractivity contribution in [3.8, 4) is 0 Å². The molecule has 0 N–H and O–H groups in total. The molecule has 130 valence electrons. The first-order valence-electron chi connectivity index (χ1n) is 8.64. The van der Waals surface area contributed by atoms with Crippen LogP contribution in [0.15, 0.2) is 0 Å². The number of unbranched alkanes of at least 4 members (excludes halogenated alkanes) is 2. The zero-order valence-electron chi connectivity index (χ0n) is 14.4. The molecule has 0 aromatic rings. The molecule has 5 nitrogen and oxygen atoms in total. The molecule has 1 aliphatic heterocycles. The fraction of sp³-hybridized carbons (Fsp3) is 0.938. The van der Waals surface area contributed by atoms with Crippen molar-refractivity contribution in [1.29, 1.82) is 0 Å². The Hall–Kier alpha value is -0.460. The Morgan fingerprint density at radius 3 is 2.41 bits per heavy atom. The van der Waals surface area contributed by atoms with Crippen molar-refractivity contribution in [2.75, 3.05) is 38.7 Å². The van der Waals surface area contributed by atoms with Crippen LogP contribution in [-0.2, 0) is 20.5 Å². The van der Waals surface area contributed by atoms with E-state index in [0.717, 1.165) is 51.7 Å². The van der Waals surface area contributed by atoms with Crippen LogP contribution in [-0.4, -0.2) is 58.0 Å². The maximum Gasteiger partial charge on any atom is 0.310 e. The number of esters is 1. The first-order valence-corrected chi connectivity index (χ1v) is 9.92. The molecule has 22 heavy (non-hydrogen) atoms. The van der Waals surface area contributed by atoms with Gasteiger partial charge in [0.05, 0.1) is 18.4 Å². The van der Waals surface area contributed by atoms with Crippen molar-refractivity contribution in [3.63, 3.8) is 0 Å². The van der Waals surface area contributed by atoms with Crippen molar-refractivity contribution in [2.45, 2.75) is 52.9 Å². The van der Waals surface area contributed by atoms with Gasteiger partial charge >= 0.3 is 5.97 Å². The third-order valence-electron chi connectivity index (χ3n) is 4.00. The summed E-state index contributed by atoms with van der Waals surface area (Å²) in [7, 11) is -0.975. The molecule has 2 atom stereocenters. The molecular formula is C16H32N2O3S. The lowest BCUT2D eigenvalue weighted by atomic mass is 10.1. The quantitative estimate of drug-likeness (QED) is 0.545. The van der Waals surface area contributed by atoms with Gasteiger partial charge in [-0.25, -0.2) is 8.51 Å². The second kappa shape index (κ2) is 11.1. The fourth-order valence-electron chi connectivity index (χ4n) is 2.62. The fourth-order valence-corrected chi connectivity index (χ4v) is 4.00. The SMILES string of the molecule is CCCCN(CCCC)S(=O)CN1CCC(C(=O)OCC)C1. The van der Waals surface area contributed by atoms with Crippen LogP contribution in [0.1, 0.15) is 52.9 Å². The Morgan fingerprint density at radius 1 is 1.23 bits per heavy atom. The normalized spacial score (nSPS) is 20.5. The highest BCUT2D eigenvalue weighted by molar-refractivity contribution is 7.82. The van der Waals surface area contributed by atoms with Crippen LogP contribution in [0, 0.1) is 5.92 Å². The van der Waals surface area contributed by atoms with E-state index in [9.17, 15) is 9.00 Å². The average molecular weight is 333 g/mol. The van der Waals surface area contributed by atoms with Gasteiger partial charge < -0.3 is 4.74 Å². The molecule has 0 saturated carbocycles. The highest BCUT2D eigenvalue weighted by atomic mass is 32.2. The van der Waals surface area contributed by atoms with E-state index in [2.05, 4.69) is 23.1 Å². The van der Waals surface area contributed by atoms with Crippen LogP contribution in [0.25, 0.3) is 0 Å². The number of likely N-dealkylation sites (tertiary alicyclic amines) is 1. The van der Waals surface area contributed by atoms with Crippen molar-refractivity contribution < 1.29 is 13.7 Å². The smallest absolute Gasteiger partial charge is 0.310 e. The van der Waals surface area contributed by atoms with Crippen molar-refractivity contribution >= 4 is 17.0 Å². The maximum atomic E-state index is 12.6. The summed E-state index contributed by atoms with van der Waals surface area (Å²) in [4.78, 5) is 13.9. The highest BCUT2D eigenvalue weighted by Crippen LogP contribution is 2.18. The van der Waals surface area contributed by atoms with Gasteiger partial charge in [-0.05, 0) is 32.7 Å². The molecule has 0 amide bonds. The average Bonchev–Trinajstić information content (AvgIpc) is 2.96. The number of hydrogen-bond acceptors (Lipinski definition) is 4. The molecule has 0 spiro atoms. The summed E-state index contributed by atoms with van der Waals surface area (Å²) in [5.41, 5.74) is 0. The van der Waals surface area contributed by atoms with Crippen LogP contribution in [0.5, 0.6) is 0 Å². The zero-order valence-corrected chi connectivity index (χ0v) is 15.2. The van der Waals surface area contributed by atoms with Gasteiger partial charge in [0.1, 0.15) is 11.0 Å². The minimum atomic E-state index is -0.975. The summed E-state index contributed by atoms with van der Waals surface area (Å²) < 4.78 is 19.8. The summed E-state index contributed by atoms with van der Waals surface area (Å²) in [6, 6.07) is 0. The topological polar surface area (TPSA) is 49.9 Å². The van der Waals surface area contributed by atoms with Gasteiger partial charge in [0.25, 0.3) is 0 Å².